The normalized spacial score (nSPS) is 27.9. The maximum atomic E-state index is 12.2. The molecule has 1 amide bonds. The molecular weight excluding hydrogens is 250 g/mol. The van der Waals surface area contributed by atoms with Crippen LogP contribution in [0.25, 0.3) is 0 Å². The smallest absolute Gasteiger partial charge is 0.234 e. The van der Waals surface area contributed by atoms with Gasteiger partial charge in [-0.15, -0.1) is 0 Å². The van der Waals surface area contributed by atoms with Gasteiger partial charge in [-0.05, 0) is 44.7 Å². The Morgan fingerprint density at radius 1 is 1.15 bits per heavy atom. The fourth-order valence-electron chi connectivity index (χ4n) is 3.94. The monoisotopic (exact) mass is 281 g/mol. The minimum Gasteiger partial charge on any atom is -0.352 e. The second kappa shape index (κ2) is 7.99. The highest BCUT2D eigenvalue weighted by molar-refractivity contribution is 5.78. The summed E-state index contributed by atoms with van der Waals surface area (Å²) >= 11 is 0. The molecule has 2 aliphatic carbocycles. The zero-order chi connectivity index (χ0) is 14.4. The van der Waals surface area contributed by atoms with E-state index in [0.29, 0.717) is 24.5 Å². The van der Waals surface area contributed by atoms with Gasteiger partial charge in [-0.1, -0.05) is 32.6 Å². The highest BCUT2D eigenvalue weighted by Crippen LogP contribution is 2.27. The molecule has 2 saturated carbocycles. The largest absolute Gasteiger partial charge is 0.352 e. The number of rotatable bonds is 6. The third-order valence-corrected chi connectivity index (χ3v) is 5.11. The van der Waals surface area contributed by atoms with Crippen molar-refractivity contribution >= 4 is 5.91 Å². The molecule has 0 radical (unpaired) electrons. The van der Waals surface area contributed by atoms with E-state index in [2.05, 4.69) is 17.1 Å². The number of hydrogen-bond donors (Lipinski definition) is 2. The molecule has 0 saturated heterocycles. The first kappa shape index (κ1) is 15.8. The van der Waals surface area contributed by atoms with Gasteiger partial charge in [0.1, 0.15) is 0 Å². The molecule has 0 spiro atoms. The Kier molecular flexibility index (Phi) is 6.30. The van der Waals surface area contributed by atoms with Crippen LogP contribution in [0.2, 0.25) is 0 Å². The van der Waals surface area contributed by atoms with Gasteiger partial charge in [0.2, 0.25) is 5.91 Å². The number of nitrogens with zero attached hydrogens (tertiary/aromatic N) is 1. The summed E-state index contributed by atoms with van der Waals surface area (Å²) in [7, 11) is 0. The number of amides is 1. The van der Waals surface area contributed by atoms with Crippen molar-refractivity contribution in [2.45, 2.75) is 70.4 Å². The van der Waals surface area contributed by atoms with Gasteiger partial charge in [-0.3, -0.25) is 9.69 Å². The van der Waals surface area contributed by atoms with Crippen LogP contribution >= 0.6 is 0 Å². The van der Waals surface area contributed by atoms with Crippen LogP contribution in [0.4, 0.5) is 0 Å². The number of likely N-dealkylation sites (N-methyl/N-ethyl adjacent to an activating group) is 1. The zero-order valence-electron chi connectivity index (χ0n) is 12.9. The third kappa shape index (κ3) is 4.19. The van der Waals surface area contributed by atoms with Crippen molar-refractivity contribution < 1.29 is 4.79 Å². The average molecular weight is 281 g/mol. The lowest BCUT2D eigenvalue weighted by Crippen LogP contribution is -2.49. The van der Waals surface area contributed by atoms with E-state index in [1.165, 1.54) is 38.5 Å². The van der Waals surface area contributed by atoms with Crippen LogP contribution in [-0.4, -0.2) is 42.5 Å². The van der Waals surface area contributed by atoms with Crippen LogP contribution in [0, 0.1) is 5.92 Å². The lowest BCUT2D eigenvalue weighted by Gasteiger charge is -2.39. The fourth-order valence-corrected chi connectivity index (χ4v) is 3.94. The van der Waals surface area contributed by atoms with Gasteiger partial charge in [0, 0.05) is 12.1 Å². The van der Waals surface area contributed by atoms with Gasteiger partial charge >= 0.3 is 0 Å². The molecule has 2 aliphatic rings. The second-order valence-electron chi connectivity index (χ2n) is 6.46. The first-order valence-corrected chi connectivity index (χ1v) is 8.48. The van der Waals surface area contributed by atoms with Crippen LogP contribution in [0.15, 0.2) is 0 Å². The summed E-state index contributed by atoms with van der Waals surface area (Å²) in [6.07, 6.45) is 9.85. The fraction of sp³-hybridized carbons (Fsp3) is 0.938. The number of carbonyl (C=O) groups is 1. The molecule has 0 aromatic carbocycles. The number of nitrogens with one attached hydrogen (secondary N) is 1. The summed E-state index contributed by atoms with van der Waals surface area (Å²) in [6, 6.07) is 0.936. The summed E-state index contributed by atoms with van der Waals surface area (Å²) in [5.41, 5.74) is 5.92. The zero-order valence-corrected chi connectivity index (χ0v) is 12.9. The van der Waals surface area contributed by atoms with E-state index in [-0.39, 0.29) is 5.91 Å². The second-order valence-corrected chi connectivity index (χ2v) is 6.46. The minimum absolute atomic E-state index is 0.208. The highest BCUT2D eigenvalue weighted by Gasteiger charge is 2.29. The van der Waals surface area contributed by atoms with Crippen molar-refractivity contribution in [2.75, 3.05) is 19.6 Å². The van der Waals surface area contributed by atoms with Crippen LogP contribution in [0.3, 0.4) is 0 Å². The van der Waals surface area contributed by atoms with Crippen molar-refractivity contribution in [1.82, 2.24) is 10.2 Å². The van der Waals surface area contributed by atoms with Crippen molar-refractivity contribution in [2.24, 2.45) is 11.7 Å². The Balaban J connectivity index is 1.84. The Morgan fingerprint density at radius 2 is 1.80 bits per heavy atom. The van der Waals surface area contributed by atoms with E-state index in [4.69, 9.17) is 5.73 Å². The summed E-state index contributed by atoms with van der Waals surface area (Å²) in [5, 5.41) is 3.20. The Hall–Kier alpha value is -0.610. The molecule has 4 nitrogen and oxygen atoms in total. The number of hydrogen-bond acceptors (Lipinski definition) is 3. The van der Waals surface area contributed by atoms with Gasteiger partial charge in [0.05, 0.1) is 6.54 Å². The van der Waals surface area contributed by atoms with Crippen LogP contribution in [0.1, 0.15) is 58.3 Å². The van der Waals surface area contributed by atoms with Gasteiger partial charge in [0.15, 0.2) is 0 Å². The first-order valence-electron chi connectivity index (χ1n) is 8.48. The van der Waals surface area contributed by atoms with E-state index in [9.17, 15) is 4.79 Å². The molecule has 2 unspecified atom stereocenters. The molecule has 4 heteroatoms. The van der Waals surface area contributed by atoms with Crippen molar-refractivity contribution in [3.8, 4) is 0 Å². The predicted molar refractivity (Wildman–Crippen MR) is 82.4 cm³/mol. The lowest BCUT2D eigenvalue weighted by molar-refractivity contribution is -0.123. The van der Waals surface area contributed by atoms with Crippen molar-refractivity contribution in [3.05, 3.63) is 0 Å². The average Bonchev–Trinajstić information content (AvgIpc) is 2.97. The van der Waals surface area contributed by atoms with Gasteiger partial charge in [-0.25, -0.2) is 0 Å². The third-order valence-electron chi connectivity index (χ3n) is 5.11. The SMILES string of the molecule is CCN(CC(=O)NC1CCCC1)C1CCCCC1CN. The van der Waals surface area contributed by atoms with Crippen LogP contribution in [0.5, 0.6) is 0 Å². The Morgan fingerprint density at radius 3 is 2.45 bits per heavy atom. The number of nitrogens with two attached hydrogens (primary N) is 1. The van der Waals surface area contributed by atoms with E-state index in [1.807, 2.05) is 0 Å². The van der Waals surface area contributed by atoms with Crippen molar-refractivity contribution in [3.63, 3.8) is 0 Å². The van der Waals surface area contributed by atoms with Crippen LogP contribution < -0.4 is 11.1 Å². The van der Waals surface area contributed by atoms with E-state index >= 15 is 0 Å². The summed E-state index contributed by atoms with van der Waals surface area (Å²) in [6.45, 7) is 4.41. The molecule has 116 valence electrons. The quantitative estimate of drug-likeness (QED) is 0.781. The molecule has 0 bridgehead atoms. The Labute approximate surface area is 123 Å². The minimum atomic E-state index is 0.208. The van der Waals surface area contributed by atoms with Crippen molar-refractivity contribution in [1.29, 1.82) is 0 Å². The molecule has 2 atom stereocenters. The van der Waals surface area contributed by atoms with E-state index < -0.39 is 0 Å². The molecule has 0 aromatic heterocycles. The maximum absolute atomic E-state index is 12.2. The summed E-state index contributed by atoms with van der Waals surface area (Å²) in [4.78, 5) is 14.6. The van der Waals surface area contributed by atoms with Gasteiger partial charge in [-0.2, -0.15) is 0 Å². The highest BCUT2D eigenvalue weighted by atomic mass is 16.2. The standard InChI is InChI=1S/C16H31N3O/c1-2-19(15-10-6-3-7-13(15)11-17)12-16(20)18-14-8-4-5-9-14/h13-15H,2-12,17H2,1H3,(H,18,20). The molecule has 0 heterocycles. The maximum Gasteiger partial charge on any atom is 0.234 e. The van der Waals surface area contributed by atoms with Gasteiger partial charge < -0.3 is 11.1 Å². The summed E-state index contributed by atoms with van der Waals surface area (Å²) < 4.78 is 0. The molecule has 3 N–H and O–H groups in total. The first-order chi connectivity index (χ1) is 9.74. The van der Waals surface area contributed by atoms with E-state index in [0.717, 1.165) is 25.9 Å². The lowest BCUT2D eigenvalue weighted by atomic mass is 9.83. The summed E-state index contributed by atoms with van der Waals surface area (Å²) in [5.74, 6) is 0.781. The molecule has 2 rings (SSSR count). The number of carbonyl (C=O) groups excluding carboxylic acids is 1. The molecule has 0 aromatic rings. The van der Waals surface area contributed by atoms with Gasteiger partial charge in [0.25, 0.3) is 0 Å². The Bertz CT molecular complexity index is 302. The molecule has 20 heavy (non-hydrogen) atoms. The van der Waals surface area contributed by atoms with E-state index in [1.54, 1.807) is 0 Å². The predicted octanol–water partition coefficient (Wildman–Crippen LogP) is 1.88. The van der Waals surface area contributed by atoms with Crippen LogP contribution in [-0.2, 0) is 4.79 Å². The molecule has 2 fully saturated rings. The molecular formula is C16H31N3O. The molecule has 0 aliphatic heterocycles. The topological polar surface area (TPSA) is 58.4 Å².